The van der Waals surface area contributed by atoms with E-state index in [4.69, 9.17) is 21.4 Å². The Morgan fingerprint density at radius 1 is 0.393 bits per heavy atom. The van der Waals surface area contributed by atoms with E-state index in [2.05, 4.69) is 60.7 Å². The Labute approximate surface area is 381 Å². The zero-order valence-corrected chi connectivity index (χ0v) is 32.2. The second-order valence-electron chi connectivity index (χ2n) is 14.9. The molecule has 0 N–H and O–H groups in total. The van der Waals surface area contributed by atoms with Crippen LogP contribution in [0.3, 0.4) is 0 Å². The molecule has 0 aromatic heterocycles. The topological polar surface area (TPSA) is 15.6 Å². The van der Waals surface area contributed by atoms with Crippen molar-refractivity contribution >= 4 is 50.0 Å². The van der Waals surface area contributed by atoms with Crippen LogP contribution in [0, 0.1) is 0 Å². The van der Waals surface area contributed by atoms with Gasteiger partial charge in [0.2, 0.25) is 0 Å². The average molecular weight is 795 g/mol. The zero-order valence-electron chi connectivity index (χ0n) is 50.2. The van der Waals surface area contributed by atoms with Crippen molar-refractivity contribution in [2.45, 2.75) is 12.8 Å². The lowest BCUT2D eigenvalue weighted by atomic mass is 9.90. The van der Waals surface area contributed by atoms with Crippen LogP contribution < -0.4 is 4.90 Å². The molecule has 10 aromatic rings. The Balaban J connectivity index is 0.947. The molecule has 2 nitrogen and oxygen atoms in total. The summed E-state index contributed by atoms with van der Waals surface area (Å²) in [6.07, 6.45) is 1.24. The molecule has 0 spiro atoms. The number of fused-ring (bicyclic) bond motifs is 7. The van der Waals surface area contributed by atoms with Gasteiger partial charge in [-0.1, -0.05) is 170 Å². The summed E-state index contributed by atoms with van der Waals surface area (Å²) in [5, 5.41) is 4.29. The molecule has 2 heteroatoms. The van der Waals surface area contributed by atoms with E-state index in [-0.39, 0.29) is 5.56 Å². The molecule has 12 rings (SSSR count). The van der Waals surface area contributed by atoms with Gasteiger partial charge < -0.3 is 4.90 Å². The first-order chi connectivity index (χ1) is 37.7. The van der Waals surface area contributed by atoms with Gasteiger partial charge in [-0.15, -0.1) is 0 Å². The second kappa shape index (κ2) is 14.5. The minimum Gasteiger partial charge on any atom is -0.311 e. The molecule has 2 aliphatic rings. The Morgan fingerprint density at radius 2 is 0.984 bits per heavy atom. The van der Waals surface area contributed by atoms with Crippen LogP contribution in [-0.4, -0.2) is 5.71 Å². The van der Waals surface area contributed by atoms with Crippen molar-refractivity contribution < 1.29 is 24.7 Å². The standard InChI is InChI=1S/C59H40N2/c1-3-11-39(12-4-1)40-19-26-48(27-20-40)61(47-14-5-2-6-15-47)49-28-21-41(22-29-49)42-23-30-52-46(35-42)37-57-51-31-24-43(36-44(51)25-32-55(52)57)50-33-34-56(54-17-9-8-16-53(50)54)59-38-45-13-7-10-18-58(45)60-59/h1-36H,37-38H2/i1D,2D,3D,4D,5D,6D,11D,12D,14D,15D,19D,20D,21D,22D,26D,27D,28D,29D. The molecule has 0 saturated carbocycles. The summed E-state index contributed by atoms with van der Waals surface area (Å²) < 4.78 is 160. The molecule has 286 valence electrons. The van der Waals surface area contributed by atoms with Gasteiger partial charge in [0.25, 0.3) is 0 Å². The normalized spacial score (nSPS) is 16.7. The number of para-hydroxylation sites is 2. The van der Waals surface area contributed by atoms with Gasteiger partial charge in [-0.05, 0) is 138 Å². The van der Waals surface area contributed by atoms with E-state index in [0.29, 0.717) is 16.9 Å². The monoisotopic (exact) mass is 794 g/mol. The van der Waals surface area contributed by atoms with Crippen LogP contribution in [0.5, 0.6) is 0 Å². The summed E-state index contributed by atoms with van der Waals surface area (Å²) in [5.41, 5.74) is 6.64. The Kier molecular flexibility index (Phi) is 5.09. The van der Waals surface area contributed by atoms with Gasteiger partial charge in [0, 0.05) is 29.0 Å². The molecular formula is C59H40N2. The van der Waals surface area contributed by atoms with Crippen LogP contribution >= 0.6 is 0 Å². The number of hydrogen-bond acceptors (Lipinski definition) is 2. The van der Waals surface area contributed by atoms with Gasteiger partial charge in [-0.3, -0.25) is 4.99 Å². The van der Waals surface area contributed by atoms with Crippen molar-refractivity contribution in [2.75, 3.05) is 4.90 Å². The van der Waals surface area contributed by atoms with Gasteiger partial charge in [-0.2, -0.15) is 0 Å². The predicted octanol–water partition coefficient (Wildman–Crippen LogP) is 15.7. The van der Waals surface area contributed by atoms with Crippen LogP contribution in [-0.2, 0) is 12.8 Å². The highest BCUT2D eigenvalue weighted by Gasteiger charge is 2.23. The van der Waals surface area contributed by atoms with Crippen LogP contribution in [0.1, 0.15) is 46.9 Å². The maximum Gasteiger partial charge on any atom is 0.0669 e. The van der Waals surface area contributed by atoms with Crippen LogP contribution in [0.4, 0.5) is 22.7 Å². The summed E-state index contributed by atoms with van der Waals surface area (Å²) >= 11 is 0. The molecule has 0 saturated heterocycles. The van der Waals surface area contributed by atoms with Crippen LogP contribution in [0.15, 0.2) is 223 Å². The van der Waals surface area contributed by atoms with Crippen molar-refractivity contribution in [3.05, 3.63) is 240 Å². The SMILES string of the molecule is [2H]c1c([2H])c([2H])c(-c2c([2H])c([2H])c(N(c3c([2H])c([2H])c([2H])c([2H])c3[2H])c3c([2H])c([2H])c(-c4ccc5c(c4)Cc4c-5ccc5cc(-c6ccc(C7=Nc8ccccc8C7)c7ccccc67)ccc45)c([2H])c3[2H])c([2H])c2[2H])c([2H])c1[2H]. The Morgan fingerprint density at radius 3 is 1.74 bits per heavy atom. The Bertz CT molecular complexity index is 4320. The van der Waals surface area contributed by atoms with E-state index in [1.807, 2.05) is 36.4 Å². The smallest absolute Gasteiger partial charge is 0.0669 e. The van der Waals surface area contributed by atoms with Crippen molar-refractivity contribution in [2.24, 2.45) is 4.99 Å². The lowest BCUT2D eigenvalue weighted by Crippen LogP contribution is -2.09. The molecule has 0 radical (unpaired) electrons. The van der Waals surface area contributed by atoms with Crippen molar-refractivity contribution in [3.63, 3.8) is 0 Å². The van der Waals surface area contributed by atoms with Crippen molar-refractivity contribution in [1.82, 2.24) is 0 Å². The Hall–Kier alpha value is -7.81. The number of nitrogens with zero attached hydrogens (tertiary/aromatic N) is 2. The number of benzene rings is 10. The molecule has 1 heterocycles. The predicted molar refractivity (Wildman–Crippen MR) is 257 cm³/mol. The molecule has 0 fully saturated rings. The fourth-order valence-corrected chi connectivity index (χ4v) is 8.62. The van der Waals surface area contributed by atoms with E-state index in [1.165, 1.54) is 5.56 Å². The molecule has 61 heavy (non-hydrogen) atoms. The first-order valence-electron chi connectivity index (χ1n) is 28.7. The van der Waals surface area contributed by atoms with E-state index in [1.54, 1.807) is 12.1 Å². The summed E-state index contributed by atoms with van der Waals surface area (Å²) in [7, 11) is 0. The van der Waals surface area contributed by atoms with Crippen LogP contribution in [0.25, 0.3) is 66.1 Å². The number of hydrogen-bond donors (Lipinski definition) is 0. The largest absolute Gasteiger partial charge is 0.311 e. The first-order valence-corrected chi connectivity index (χ1v) is 19.7. The van der Waals surface area contributed by atoms with E-state index >= 15 is 0 Å². The third kappa shape index (κ3) is 6.15. The number of anilines is 3. The van der Waals surface area contributed by atoms with Gasteiger partial charge >= 0.3 is 0 Å². The summed E-state index contributed by atoms with van der Waals surface area (Å²) in [4.78, 5) is 5.58. The molecule has 1 aliphatic carbocycles. The van der Waals surface area contributed by atoms with Gasteiger partial charge in [0.1, 0.15) is 0 Å². The third-order valence-corrected chi connectivity index (χ3v) is 11.5. The summed E-state index contributed by atoms with van der Waals surface area (Å²) in [6, 6.07) is 21.4. The van der Waals surface area contributed by atoms with E-state index < -0.39 is 137 Å². The van der Waals surface area contributed by atoms with Gasteiger partial charge in [0.15, 0.2) is 0 Å². The quantitative estimate of drug-likeness (QED) is 0.157. The molecule has 10 aromatic carbocycles. The maximum absolute atomic E-state index is 9.52. The van der Waals surface area contributed by atoms with Crippen LogP contribution in [0.2, 0.25) is 0 Å². The molecular weight excluding hydrogens is 737 g/mol. The van der Waals surface area contributed by atoms with Gasteiger partial charge in [-0.25, -0.2) is 0 Å². The number of rotatable bonds is 7. The van der Waals surface area contributed by atoms with E-state index in [9.17, 15) is 8.22 Å². The van der Waals surface area contributed by atoms with Crippen molar-refractivity contribution in [3.8, 4) is 44.5 Å². The average Bonchev–Trinajstić information content (AvgIpc) is 4.07. The molecule has 1 aliphatic heterocycles. The minimum atomic E-state index is -1.01. The second-order valence-corrected chi connectivity index (χ2v) is 14.9. The lowest BCUT2D eigenvalue weighted by molar-refractivity contribution is 1.28. The summed E-state index contributed by atoms with van der Waals surface area (Å²) in [6.45, 7) is 0. The molecule has 0 atom stereocenters. The minimum absolute atomic E-state index is 0.146. The van der Waals surface area contributed by atoms with E-state index in [0.717, 1.165) is 78.3 Å². The summed E-state index contributed by atoms with van der Waals surface area (Å²) in [5.74, 6) is 0. The third-order valence-electron chi connectivity index (χ3n) is 11.5. The highest BCUT2D eigenvalue weighted by atomic mass is 15.1. The fourth-order valence-electron chi connectivity index (χ4n) is 8.62. The molecule has 0 bridgehead atoms. The molecule has 0 unspecified atom stereocenters. The fraction of sp³-hybridized carbons (Fsp3) is 0.0339. The first kappa shape index (κ1) is 21.4. The highest BCUT2D eigenvalue weighted by molar-refractivity contribution is 6.17. The number of aliphatic imine (C=N–C) groups is 1. The zero-order chi connectivity index (χ0) is 55.9. The maximum atomic E-state index is 9.52. The van der Waals surface area contributed by atoms with Crippen molar-refractivity contribution in [1.29, 1.82) is 0 Å². The lowest BCUT2D eigenvalue weighted by Gasteiger charge is -2.26. The highest BCUT2D eigenvalue weighted by Crippen LogP contribution is 2.44. The molecule has 0 amide bonds. The van der Waals surface area contributed by atoms with Gasteiger partial charge in [0.05, 0.1) is 36.1 Å².